The van der Waals surface area contributed by atoms with Crippen molar-refractivity contribution < 1.29 is 0 Å². The highest BCUT2D eigenvalue weighted by Crippen LogP contribution is 2.47. The highest BCUT2D eigenvalue weighted by Gasteiger charge is 2.23. The first kappa shape index (κ1) is 48.0. The topological polar surface area (TPSA) is 3.24 Å². The van der Waals surface area contributed by atoms with E-state index >= 15 is 0 Å². The van der Waals surface area contributed by atoms with Crippen molar-refractivity contribution in [2.24, 2.45) is 0 Å². The van der Waals surface area contributed by atoms with Crippen LogP contribution in [-0.4, -0.2) is 0 Å². The van der Waals surface area contributed by atoms with E-state index in [1.54, 1.807) is 0 Å². The van der Waals surface area contributed by atoms with E-state index in [1.807, 2.05) is 0 Å². The lowest BCUT2D eigenvalue weighted by molar-refractivity contribution is 0.590. The maximum atomic E-state index is 2.41. The van der Waals surface area contributed by atoms with Crippen molar-refractivity contribution in [3.8, 4) is 44.5 Å². The quantitative estimate of drug-likeness (QED) is 0.114. The van der Waals surface area contributed by atoms with Crippen molar-refractivity contribution in [3.63, 3.8) is 0 Å². The van der Waals surface area contributed by atoms with Crippen LogP contribution in [0.3, 0.4) is 0 Å². The molecule has 0 bridgehead atoms. The highest BCUT2D eigenvalue weighted by molar-refractivity contribution is 6.26. The number of fused-ring (bicyclic) bond motifs is 2. The number of nitrogens with zero attached hydrogens (tertiary/aromatic N) is 1. The van der Waals surface area contributed by atoms with Crippen molar-refractivity contribution in [3.05, 3.63) is 234 Å². The molecule has 12 rings (SSSR count). The van der Waals surface area contributed by atoms with Crippen molar-refractivity contribution in [1.29, 1.82) is 0 Å². The molecular formula is C74H67N. The zero-order valence-corrected chi connectivity index (χ0v) is 45.6. The van der Waals surface area contributed by atoms with Gasteiger partial charge in [0.25, 0.3) is 0 Å². The van der Waals surface area contributed by atoms with E-state index in [2.05, 4.69) is 287 Å². The van der Waals surface area contributed by atoms with Gasteiger partial charge in [0.15, 0.2) is 0 Å². The fraction of sp³-hybridized carbons (Fsp3) is 0.189. The van der Waals surface area contributed by atoms with Gasteiger partial charge in [-0.3, -0.25) is 0 Å². The molecule has 0 radical (unpaired) electrons. The van der Waals surface area contributed by atoms with E-state index < -0.39 is 0 Å². The smallest absolute Gasteiger partial charge is 0.0462 e. The summed E-state index contributed by atoms with van der Waals surface area (Å²) in [5.41, 5.74) is 20.1. The second kappa shape index (κ2) is 17.8. The number of hydrogen-bond acceptors (Lipinski definition) is 1. The first-order chi connectivity index (χ1) is 35.9. The summed E-state index contributed by atoms with van der Waals surface area (Å²) in [5.74, 6) is 0. The standard InChI is InChI=1S/C74H67N/c1-46-40-53(48-20-22-49(23-21-48)67-42-47(2)61-38-26-51-44-57(74(9,10)11)45-52-27-39-66(67)71(61)68(51)52)43-54(41-46)70-64-18-14-12-16-62(64)69(63-17-13-15-19-65(63)70)50-24-32-58(33-25-50)75(59-34-28-55(29-35-59)72(3,4)5)60-36-30-56(31-37-60)73(6,7)8/h12-45H,1-11H3. The Morgan fingerprint density at radius 3 is 1.19 bits per heavy atom. The molecule has 75 heavy (non-hydrogen) atoms. The second-order valence-corrected chi connectivity index (χ2v) is 24.4. The molecular weight excluding hydrogens is 903 g/mol. The Morgan fingerprint density at radius 2 is 0.707 bits per heavy atom. The number of anilines is 3. The van der Waals surface area contributed by atoms with Crippen LogP contribution in [-0.2, 0) is 16.2 Å². The molecule has 0 saturated carbocycles. The van der Waals surface area contributed by atoms with Gasteiger partial charge in [0.05, 0.1) is 0 Å². The number of aryl methyl sites for hydroxylation is 2. The van der Waals surface area contributed by atoms with Crippen molar-refractivity contribution in [1.82, 2.24) is 0 Å². The Hall–Kier alpha value is -8.00. The van der Waals surface area contributed by atoms with E-state index in [4.69, 9.17) is 0 Å². The fourth-order valence-electron chi connectivity index (χ4n) is 11.9. The summed E-state index contributed by atoms with van der Waals surface area (Å²) in [6.45, 7) is 25.1. The predicted octanol–water partition coefficient (Wildman–Crippen LogP) is 21.5. The molecule has 0 spiro atoms. The maximum Gasteiger partial charge on any atom is 0.0462 e. The van der Waals surface area contributed by atoms with Gasteiger partial charge in [-0.25, -0.2) is 0 Å². The van der Waals surface area contributed by atoms with Gasteiger partial charge >= 0.3 is 0 Å². The van der Waals surface area contributed by atoms with E-state index in [1.165, 1.54) is 126 Å². The van der Waals surface area contributed by atoms with Crippen LogP contribution in [0.5, 0.6) is 0 Å². The summed E-state index contributed by atoms with van der Waals surface area (Å²) in [7, 11) is 0. The molecule has 12 aromatic carbocycles. The van der Waals surface area contributed by atoms with Gasteiger partial charge in [-0.15, -0.1) is 0 Å². The van der Waals surface area contributed by atoms with Crippen LogP contribution >= 0.6 is 0 Å². The van der Waals surface area contributed by atoms with Crippen molar-refractivity contribution >= 4 is 70.9 Å². The van der Waals surface area contributed by atoms with Gasteiger partial charge in [0, 0.05) is 17.1 Å². The van der Waals surface area contributed by atoms with Crippen LogP contribution in [0, 0.1) is 13.8 Å². The van der Waals surface area contributed by atoms with Crippen molar-refractivity contribution in [2.75, 3.05) is 4.90 Å². The third kappa shape index (κ3) is 8.53. The Bertz CT molecular complexity index is 4000. The molecule has 368 valence electrons. The van der Waals surface area contributed by atoms with Gasteiger partial charge in [-0.1, -0.05) is 226 Å². The van der Waals surface area contributed by atoms with Gasteiger partial charge in [0.2, 0.25) is 0 Å². The molecule has 0 aliphatic carbocycles. The second-order valence-electron chi connectivity index (χ2n) is 24.4. The van der Waals surface area contributed by atoms with E-state index in [0.29, 0.717) is 0 Å². The van der Waals surface area contributed by atoms with Crippen LogP contribution in [0.1, 0.15) is 90.1 Å². The number of rotatable bonds is 7. The lowest BCUT2D eigenvalue weighted by atomic mass is 9.82. The Kier molecular flexibility index (Phi) is 11.4. The zero-order chi connectivity index (χ0) is 52.1. The van der Waals surface area contributed by atoms with Gasteiger partial charge < -0.3 is 4.90 Å². The van der Waals surface area contributed by atoms with E-state index in [-0.39, 0.29) is 16.2 Å². The summed E-state index contributed by atoms with van der Waals surface area (Å²) < 4.78 is 0. The molecule has 0 amide bonds. The molecule has 12 aromatic rings. The highest BCUT2D eigenvalue weighted by atomic mass is 15.1. The molecule has 0 fully saturated rings. The molecule has 0 unspecified atom stereocenters. The van der Waals surface area contributed by atoms with Crippen LogP contribution in [0.4, 0.5) is 17.1 Å². The molecule has 0 aliphatic heterocycles. The van der Waals surface area contributed by atoms with E-state index in [0.717, 1.165) is 17.1 Å². The van der Waals surface area contributed by atoms with Gasteiger partial charge in [-0.05, 0) is 199 Å². The minimum absolute atomic E-state index is 0.0700. The normalized spacial score (nSPS) is 12.5. The monoisotopic (exact) mass is 970 g/mol. The zero-order valence-electron chi connectivity index (χ0n) is 45.6. The summed E-state index contributed by atoms with van der Waals surface area (Å²) in [6, 6.07) is 78.5. The fourth-order valence-corrected chi connectivity index (χ4v) is 11.9. The van der Waals surface area contributed by atoms with Crippen LogP contribution in [0.15, 0.2) is 206 Å². The number of benzene rings is 12. The third-order valence-corrected chi connectivity index (χ3v) is 16.0. The Labute approximate surface area is 444 Å². The lowest BCUT2D eigenvalue weighted by Crippen LogP contribution is -2.14. The summed E-state index contributed by atoms with van der Waals surface area (Å²) in [4.78, 5) is 2.39. The Morgan fingerprint density at radius 1 is 0.293 bits per heavy atom. The molecule has 0 aromatic heterocycles. The average Bonchev–Trinajstić information content (AvgIpc) is 3.40. The SMILES string of the molecule is Cc1cc(-c2ccc(-c3cc(C)c4ccc5cc(C(C)(C)C)cc6ccc3c4c56)cc2)cc(-c2c3ccccc3c(-c3ccc(N(c4ccc(C(C)(C)C)cc4)c4ccc(C(C)(C)C)cc4)cc3)c3ccccc23)c1. The summed E-state index contributed by atoms with van der Waals surface area (Å²) in [5, 5.41) is 13.0. The molecule has 0 N–H and O–H groups in total. The van der Waals surface area contributed by atoms with Gasteiger partial charge in [-0.2, -0.15) is 0 Å². The number of hydrogen-bond donors (Lipinski definition) is 0. The van der Waals surface area contributed by atoms with Crippen LogP contribution in [0.2, 0.25) is 0 Å². The van der Waals surface area contributed by atoms with Gasteiger partial charge in [0.1, 0.15) is 0 Å². The van der Waals surface area contributed by atoms with Crippen LogP contribution in [0.25, 0.3) is 98.4 Å². The van der Waals surface area contributed by atoms with Crippen LogP contribution < -0.4 is 4.90 Å². The maximum absolute atomic E-state index is 2.41. The molecule has 0 atom stereocenters. The largest absolute Gasteiger partial charge is 0.311 e. The molecule has 1 nitrogen and oxygen atoms in total. The average molecular weight is 970 g/mol. The van der Waals surface area contributed by atoms with Crippen molar-refractivity contribution in [2.45, 2.75) is 92.4 Å². The minimum atomic E-state index is 0.0700. The molecule has 0 heterocycles. The Balaban J connectivity index is 0.928. The predicted molar refractivity (Wildman–Crippen MR) is 327 cm³/mol. The third-order valence-electron chi connectivity index (χ3n) is 16.0. The molecule has 0 saturated heterocycles. The first-order valence-electron chi connectivity index (χ1n) is 26.9. The summed E-state index contributed by atoms with van der Waals surface area (Å²) >= 11 is 0. The minimum Gasteiger partial charge on any atom is -0.311 e. The summed E-state index contributed by atoms with van der Waals surface area (Å²) in [6.07, 6.45) is 0. The molecule has 1 heteroatoms. The van der Waals surface area contributed by atoms with E-state index in [9.17, 15) is 0 Å². The first-order valence-corrected chi connectivity index (χ1v) is 26.9. The lowest BCUT2D eigenvalue weighted by Gasteiger charge is -2.28. The molecule has 0 aliphatic rings.